The van der Waals surface area contributed by atoms with Gasteiger partial charge in [0.05, 0.1) is 0 Å². The first-order valence-corrected chi connectivity index (χ1v) is 14.8. The Labute approximate surface area is 183 Å². The van der Waals surface area contributed by atoms with E-state index in [0.29, 0.717) is 5.41 Å². The second-order valence-corrected chi connectivity index (χ2v) is 17.2. The van der Waals surface area contributed by atoms with Crippen LogP contribution in [0.2, 0.25) is 0 Å². The molecule has 0 saturated heterocycles. The van der Waals surface area contributed by atoms with Gasteiger partial charge in [0.25, 0.3) is 0 Å². The van der Waals surface area contributed by atoms with Gasteiger partial charge in [-0.25, -0.2) is 10.0 Å². The summed E-state index contributed by atoms with van der Waals surface area (Å²) in [5.41, 5.74) is 5.78. The van der Waals surface area contributed by atoms with Crippen LogP contribution in [0.1, 0.15) is 114 Å². The fourth-order valence-corrected chi connectivity index (χ4v) is 11.1. The van der Waals surface area contributed by atoms with E-state index in [2.05, 4.69) is 72.3 Å². The molecule has 0 nitrogen and oxygen atoms in total. The van der Waals surface area contributed by atoms with E-state index in [0.717, 1.165) is 28.3 Å². The third-order valence-electron chi connectivity index (χ3n) is 8.99. The third kappa shape index (κ3) is 3.83. The van der Waals surface area contributed by atoms with E-state index in [1.54, 1.807) is 16.7 Å². The van der Waals surface area contributed by atoms with Crippen molar-refractivity contribution >= 4 is 10.0 Å². The van der Waals surface area contributed by atoms with Gasteiger partial charge in [0.2, 0.25) is 0 Å². The Kier molecular flexibility index (Phi) is 5.50. The molecule has 1 aromatic rings. The molecule has 0 radical (unpaired) electrons. The highest BCUT2D eigenvalue weighted by Crippen LogP contribution is 2.72. The van der Waals surface area contributed by atoms with Crippen LogP contribution in [0, 0.1) is 17.3 Å². The van der Waals surface area contributed by atoms with Crippen molar-refractivity contribution in [2.24, 2.45) is 17.3 Å². The Morgan fingerprint density at radius 1 is 0.828 bits per heavy atom. The van der Waals surface area contributed by atoms with E-state index in [1.807, 2.05) is 0 Å². The van der Waals surface area contributed by atoms with Gasteiger partial charge in [-0.2, -0.15) is 0 Å². The lowest BCUT2D eigenvalue weighted by atomic mass is 9.66. The lowest BCUT2D eigenvalue weighted by Gasteiger charge is -2.50. The standard InChI is InChI=1S/C28H46S/c1-27(2,3)19-13-15-22-23-16-14-20(28(4,5)6)18-25(23)26(24(22)17-19)29(7,8)21-11-9-10-12-21/h13,15,17,20-21,23,25-26H,9-12,14,16,18H2,1-8H3. The van der Waals surface area contributed by atoms with Crippen molar-refractivity contribution in [3.63, 3.8) is 0 Å². The Morgan fingerprint density at radius 3 is 2.07 bits per heavy atom. The molecule has 4 unspecified atom stereocenters. The molecule has 1 heteroatoms. The van der Waals surface area contributed by atoms with E-state index in [1.165, 1.54) is 44.9 Å². The highest BCUT2D eigenvalue weighted by Gasteiger charge is 2.51. The number of rotatable bonds is 2. The Hall–Kier alpha value is -0.430. The average Bonchev–Trinajstić information content (AvgIpc) is 3.26. The number of fused-ring (bicyclic) bond motifs is 3. The van der Waals surface area contributed by atoms with Gasteiger partial charge in [-0.1, -0.05) is 72.6 Å². The van der Waals surface area contributed by atoms with Crippen molar-refractivity contribution in [3.8, 4) is 0 Å². The summed E-state index contributed by atoms with van der Waals surface area (Å²) < 4.78 is 0. The van der Waals surface area contributed by atoms with Gasteiger partial charge in [0.1, 0.15) is 0 Å². The molecule has 4 rings (SSSR count). The van der Waals surface area contributed by atoms with Gasteiger partial charge in [-0.3, -0.25) is 0 Å². The maximum absolute atomic E-state index is 2.73. The molecule has 0 amide bonds. The minimum absolute atomic E-state index is 0.244. The monoisotopic (exact) mass is 414 g/mol. The van der Waals surface area contributed by atoms with Gasteiger partial charge in [-0.15, -0.1) is 0 Å². The second kappa shape index (κ2) is 7.32. The van der Waals surface area contributed by atoms with Gasteiger partial charge < -0.3 is 0 Å². The third-order valence-corrected chi connectivity index (χ3v) is 13.1. The first kappa shape index (κ1) is 21.8. The zero-order valence-corrected chi connectivity index (χ0v) is 21.3. The van der Waals surface area contributed by atoms with Gasteiger partial charge >= 0.3 is 0 Å². The molecule has 3 aliphatic carbocycles. The topological polar surface area (TPSA) is 0 Å². The van der Waals surface area contributed by atoms with E-state index in [4.69, 9.17) is 0 Å². The fourth-order valence-electron chi connectivity index (χ4n) is 7.05. The summed E-state index contributed by atoms with van der Waals surface area (Å²) in [7, 11) is -0.653. The summed E-state index contributed by atoms with van der Waals surface area (Å²) in [6, 6.07) is 7.70. The Bertz CT molecular complexity index is 739. The maximum Gasteiger partial charge on any atom is 0.0175 e. The van der Waals surface area contributed by atoms with Crippen LogP contribution in [0.3, 0.4) is 0 Å². The SMILES string of the molecule is CC(C)(C)c1ccc2c(c1)C(S(C)(C)C1CCCC1)C1CC(C(C)(C)C)CCC21. The zero-order chi connectivity index (χ0) is 21.2. The average molecular weight is 415 g/mol. The number of hydrogen-bond acceptors (Lipinski definition) is 0. The van der Waals surface area contributed by atoms with Crippen molar-refractivity contribution in [2.45, 2.75) is 108 Å². The van der Waals surface area contributed by atoms with E-state index in [-0.39, 0.29) is 5.41 Å². The largest absolute Gasteiger partial charge is 0.237 e. The van der Waals surface area contributed by atoms with Crippen molar-refractivity contribution < 1.29 is 0 Å². The van der Waals surface area contributed by atoms with Crippen LogP contribution in [-0.4, -0.2) is 17.8 Å². The molecule has 2 saturated carbocycles. The molecule has 2 fully saturated rings. The summed E-state index contributed by atoms with van der Waals surface area (Å²) in [6.45, 7) is 14.6. The van der Waals surface area contributed by atoms with Crippen molar-refractivity contribution in [1.29, 1.82) is 0 Å². The smallest absolute Gasteiger partial charge is 0.0175 e. The predicted molar refractivity (Wildman–Crippen MR) is 133 cm³/mol. The number of benzene rings is 1. The van der Waals surface area contributed by atoms with Gasteiger partial charge in [-0.05, 0) is 95.1 Å². The summed E-state index contributed by atoms with van der Waals surface area (Å²) in [4.78, 5) is 0. The molecule has 0 aliphatic heterocycles. The minimum Gasteiger partial charge on any atom is -0.237 e. The Morgan fingerprint density at radius 2 is 1.48 bits per heavy atom. The van der Waals surface area contributed by atoms with Crippen molar-refractivity contribution in [3.05, 3.63) is 34.9 Å². The molecule has 0 heterocycles. The Balaban J connectivity index is 1.79. The van der Waals surface area contributed by atoms with Gasteiger partial charge in [0.15, 0.2) is 0 Å². The predicted octanol–water partition coefficient (Wildman–Crippen LogP) is 8.59. The molecule has 0 spiro atoms. The minimum atomic E-state index is -0.653. The number of hydrogen-bond donors (Lipinski definition) is 0. The van der Waals surface area contributed by atoms with Gasteiger partial charge in [0, 0.05) is 5.25 Å². The molecule has 0 bridgehead atoms. The van der Waals surface area contributed by atoms with E-state index in [9.17, 15) is 0 Å². The quantitative estimate of drug-likeness (QED) is 0.454. The van der Waals surface area contributed by atoms with E-state index < -0.39 is 10.0 Å². The first-order chi connectivity index (χ1) is 13.4. The molecule has 1 aromatic carbocycles. The molecule has 0 aromatic heterocycles. The molecule has 3 aliphatic rings. The first-order valence-electron chi connectivity index (χ1n) is 12.3. The second-order valence-electron chi connectivity index (χ2n) is 13.1. The van der Waals surface area contributed by atoms with Crippen LogP contribution in [0.4, 0.5) is 0 Å². The highest BCUT2D eigenvalue weighted by atomic mass is 32.3. The highest BCUT2D eigenvalue weighted by molar-refractivity contribution is 8.33. The summed E-state index contributed by atoms with van der Waals surface area (Å²) in [5.74, 6) is 2.61. The molecule has 4 atom stereocenters. The molecular formula is C28H46S. The van der Waals surface area contributed by atoms with Crippen LogP contribution < -0.4 is 0 Å². The molecule has 164 valence electrons. The summed E-state index contributed by atoms with van der Waals surface area (Å²) in [6.07, 6.45) is 15.7. The van der Waals surface area contributed by atoms with Crippen LogP contribution in [0.25, 0.3) is 0 Å². The van der Waals surface area contributed by atoms with Crippen molar-refractivity contribution in [1.82, 2.24) is 0 Å². The molecular weight excluding hydrogens is 368 g/mol. The summed E-state index contributed by atoms with van der Waals surface area (Å²) >= 11 is 0. The van der Waals surface area contributed by atoms with Crippen LogP contribution >= 0.6 is 10.0 Å². The normalized spacial score (nSPS) is 31.6. The maximum atomic E-state index is 2.73. The lowest BCUT2D eigenvalue weighted by Crippen LogP contribution is -2.33. The van der Waals surface area contributed by atoms with Crippen LogP contribution in [0.15, 0.2) is 18.2 Å². The zero-order valence-electron chi connectivity index (χ0n) is 20.5. The molecule has 29 heavy (non-hydrogen) atoms. The van der Waals surface area contributed by atoms with E-state index >= 15 is 0 Å². The fraction of sp³-hybridized carbons (Fsp3) is 0.786. The van der Waals surface area contributed by atoms with Crippen molar-refractivity contribution in [2.75, 3.05) is 12.5 Å². The van der Waals surface area contributed by atoms with Crippen LogP contribution in [0.5, 0.6) is 0 Å². The lowest BCUT2D eigenvalue weighted by molar-refractivity contribution is 0.131. The summed E-state index contributed by atoms with van der Waals surface area (Å²) in [5, 5.41) is 1.82. The van der Waals surface area contributed by atoms with Crippen LogP contribution in [-0.2, 0) is 5.41 Å². The molecule has 0 N–H and O–H groups in total.